The predicted octanol–water partition coefficient (Wildman–Crippen LogP) is 1.24. The summed E-state index contributed by atoms with van der Waals surface area (Å²) in [7, 11) is 0. The molecule has 0 aliphatic rings. The highest BCUT2D eigenvalue weighted by atomic mass is 19.2. The van der Waals surface area contributed by atoms with Crippen molar-refractivity contribution in [3.63, 3.8) is 0 Å². The third kappa shape index (κ3) is 1.40. The van der Waals surface area contributed by atoms with Crippen LogP contribution < -0.4 is 9.57 Å². The van der Waals surface area contributed by atoms with Gasteiger partial charge in [-0.05, 0) is 0 Å². The van der Waals surface area contributed by atoms with Crippen molar-refractivity contribution in [2.45, 2.75) is 0 Å². The fourth-order valence-electron chi connectivity index (χ4n) is 0.709. The van der Waals surface area contributed by atoms with E-state index < -0.39 is 34.1 Å². The Balaban J connectivity index is 3.50. The molecule has 0 spiro atoms. The molecule has 0 amide bonds. The van der Waals surface area contributed by atoms with Crippen LogP contribution in [0.2, 0.25) is 0 Å². The summed E-state index contributed by atoms with van der Waals surface area (Å²) in [6, 6.07) is 0. The SMILES string of the molecule is C=CO[n+]1c(F)c(F)c(F)c(F)c1F. The highest BCUT2D eigenvalue weighted by Crippen LogP contribution is 2.12. The van der Waals surface area contributed by atoms with Gasteiger partial charge in [-0.3, -0.25) is 0 Å². The van der Waals surface area contributed by atoms with E-state index >= 15 is 0 Å². The molecular weight excluding hydrogens is 209 g/mol. The van der Waals surface area contributed by atoms with Crippen molar-refractivity contribution in [2.75, 3.05) is 0 Å². The zero-order chi connectivity index (χ0) is 10.9. The van der Waals surface area contributed by atoms with Gasteiger partial charge in [0.1, 0.15) is 0 Å². The molecule has 0 unspecified atom stereocenters. The van der Waals surface area contributed by atoms with E-state index in [9.17, 15) is 22.0 Å². The molecule has 0 N–H and O–H groups in total. The van der Waals surface area contributed by atoms with Crippen LogP contribution >= 0.6 is 0 Å². The van der Waals surface area contributed by atoms with Gasteiger partial charge in [0.15, 0.2) is 6.26 Å². The van der Waals surface area contributed by atoms with Gasteiger partial charge in [-0.15, -0.1) is 8.78 Å². The van der Waals surface area contributed by atoms with E-state index in [0.29, 0.717) is 6.26 Å². The molecule has 0 saturated heterocycles. The normalized spacial score (nSPS) is 10.1. The zero-order valence-corrected chi connectivity index (χ0v) is 6.53. The summed E-state index contributed by atoms with van der Waals surface area (Å²) in [5, 5.41) is 0. The second-order valence-electron chi connectivity index (χ2n) is 2.09. The molecule has 76 valence electrons. The first kappa shape index (κ1) is 10.4. The number of pyridine rings is 1. The van der Waals surface area contributed by atoms with E-state index in [2.05, 4.69) is 11.4 Å². The fourth-order valence-corrected chi connectivity index (χ4v) is 0.709. The molecule has 1 aromatic rings. The van der Waals surface area contributed by atoms with E-state index in [0.717, 1.165) is 0 Å². The topological polar surface area (TPSA) is 13.1 Å². The van der Waals surface area contributed by atoms with Crippen molar-refractivity contribution in [3.8, 4) is 0 Å². The van der Waals surface area contributed by atoms with E-state index in [1.807, 2.05) is 0 Å². The van der Waals surface area contributed by atoms with Crippen LogP contribution in [0.1, 0.15) is 0 Å². The first-order valence-corrected chi connectivity index (χ1v) is 3.22. The zero-order valence-electron chi connectivity index (χ0n) is 6.53. The van der Waals surface area contributed by atoms with Gasteiger partial charge in [0, 0.05) is 0 Å². The highest BCUT2D eigenvalue weighted by molar-refractivity contribution is 4.99. The Labute approximate surface area is 74.8 Å². The molecule has 0 saturated carbocycles. The van der Waals surface area contributed by atoms with E-state index in [1.54, 1.807) is 0 Å². The molecule has 0 atom stereocenters. The van der Waals surface area contributed by atoms with E-state index in [-0.39, 0.29) is 0 Å². The maximum Gasteiger partial charge on any atom is 0.452 e. The summed E-state index contributed by atoms with van der Waals surface area (Å²) >= 11 is 0. The number of hydrogen-bond donors (Lipinski definition) is 0. The summed E-state index contributed by atoms with van der Waals surface area (Å²) < 4.78 is 62.1. The maximum absolute atomic E-state index is 12.7. The molecule has 0 radical (unpaired) electrons. The second-order valence-corrected chi connectivity index (χ2v) is 2.09. The third-order valence-corrected chi connectivity index (χ3v) is 1.28. The molecule has 14 heavy (non-hydrogen) atoms. The Morgan fingerprint density at radius 3 is 1.71 bits per heavy atom. The molecule has 2 nitrogen and oxygen atoms in total. The van der Waals surface area contributed by atoms with Gasteiger partial charge in [-0.1, -0.05) is 6.58 Å². The van der Waals surface area contributed by atoms with Crippen molar-refractivity contribution in [3.05, 3.63) is 42.2 Å². The number of hydrogen-bond acceptors (Lipinski definition) is 1. The minimum Gasteiger partial charge on any atom is -0.234 e. The lowest BCUT2D eigenvalue weighted by atomic mass is 10.4. The second kappa shape index (κ2) is 3.60. The molecule has 1 rings (SSSR count). The molecule has 1 aromatic heterocycles. The first-order valence-electron chi connectivity index (χ1n) is 3.22. The Morgan fingerprint density at radius 2 is 1.36 bits per heavy atom. The molecular formula is C7H3F5NO+. The van der Waals surface area contributed by atoms with E-state index in [1.165, 1.54) is 0 Å². The summed E-state index contributed by atoms with van der Waals surface area (Å²) in [6.07, 6.45) is 0.517. The molecule has 0 aliphatic carbocycles. The molecule has 0 aliphatic heterocycles. The summed E-state index contributed by atoms with van der Waals surface area (Å²) in [4.78, 5) is 3.97. The monoisotopic (exact) mass is 212 g/mol. The predicted molar refractivity (Wildman–Crippen MR) is 33.2 cm³/mol. The fraction of sp³-hybridized carbons (Fsp3) is 0. The van der Waals surface area contributed by atoms with Crippen LogP contribution in [0.5, 0.6) is 0 Å². The Kier molecular flexibility index (Phi) is 2.68. The van der Waals surface area contributed by atoms with Crippen LogP contribution in [0.25, 0.3) is 0 Å². The van der Waals surface area contributed by atoms with Crippen LogP contribution in [-0.2, 0) is 0 Å². The smallest absolute Gasteiger partial charge is 0.234 e. The van der Waals surface area contributed by atoms with Crippen molar-refractivity contribution in [1.29, 1.82) is 0 Å². The lowest BCUT2D eigenvalue weighted by molar-refractivity contribution is -0.917. The van der Waals surface area contributed by atoms with Crippen molar-refractivity contribution in [2.24, 2.45) is 0 Å². The van der Waals surface area contributed by atoms with Crippen LogP contribution in [0.3, 0.4) is 0 Å². The first-order chi connectivity index (χ1) is 6.50. The van der Waals surface area contributed by atoms with Crippen LogP contribution in [0.15, 0.2) is 12.8 Å². The third-order valence-electron chi connectivity index (χ3n) is 1.28. The van der Waals surface area contributed by atoms with E-state index in [4.69, 9.17) is 0 Å². The number of halogens is 5. The standard InChI is InChI=1S/C7H3F5NO/c1-2-14-13-6(11)4(9)3(8)5(10)7(13)12/h2H,1H2/q+1. The quantitative estimate of drug-likeness (QED) is 0.311. The minimum absolute atomic E-state index is 0.499. The Hall–Kier alpha value is -1.66. The van der Waals surface area contributed by atoms with Gasteiger partial charge in [0.05, 0.1) is 4.73 Å². The lowest BCUT2D eigenvalue weighted by Crippen LogP contribution is -2.49. The molecule has 1 heterocycles. The summed E-state index contributed by atoms with van der Waals surface area (Å²) in [5.41, 5.74) is 0. The number of nitrogens with zero attached hydrogens (tertiary/aromatic N) is 1. The van der Waals surface area contributed by atoms with Crippen molar-refractivity contribution >= 4 is 0 Å². The maximum atomic E-state index is 12.7. The largest absolute Gasteiger partial charge is 0.452 e. The summed E-state index contributed by atoms with van der Waals surface area (Å²) in [6.45, 7) is 2.90. The van der Waals surface area contributed by atoms with Gasteiger partial charge in [-0.2, -0.15) is 13.2 Å². The van der Waals surface area contributed by atoms with Gasteiger partial charge < -0.3 is 0 Å². The molecule has 0 fully saturated rings. The summed E-state index contributed by atoms with van der Waals surface area (Å²) in [5.74, 6) is -10.6. The molecule has 0 bridgehead atoms. The van der Waals surface area contributed by atoms with Gasteiger partial charge >= 0.3 is 11.9 Å². The van der Waals surface area contributed by atoms with Gasteiger partial charge in [0.25, 0.3) is 11.6 Å². The minimum atomic E-state index is -2.25. The van der Waals surface area contributed by atoms with Gasteiger partial charge in [0.2, 0.25) is 5.82 Å². The number of rotatable bonds is 2. The van der Waals surface area contributed by atoms with Crippen molar-refractivity contribution < 1.29 is 31.5 Å². The average molecular weight is 212 g/mol. The Morgan fingerprint density at radius 1 is 0.929 bits per heavy atom. The number of aromatic nitrogens is 1. The molecule has 7 heteroatoms. The van der Waals surface area contributed by atoms with Crippen LogP contribution in [0, 0.1) is 29.3 Å². The highest BCUT2D eigenvalue weighted by Gasteiger charge is 2.35. The van der Waals surface area contributed by atoms with Crippen LogP contribution in [-0.4, -0.2) is 0 Å². The van der Waals surface area contributed by atoms with Crippen molar-refractivity contribution in [1.82, 2.24) is 0 Å². The lowest BCUT2D eigenvalue weighted by Gasteiger charge is -1.97. The van der Waals surface area contributed by atoms with Gasteiger partial charge in [-0.25, -0.2) is 4.84 Å². The molecule has 0 aromatic carbocycles. The average Bonchev–Trinajstić information content (AvgIpc) is 2.19. The van der Waals surface area contributed by atoms with Crippen LogP contribution in [0.4, 0.5) is 22.0 Å². The Bertz CT molecular complexity index is 363.